The monoisotopic (exact) mass is 200 g/mol. The zero-order valence-corrected chi connectivity index (χ0v) is 8.33. The van der Waals surface area contributed by atoms with Crippen LogP contribution in [0.4, 0.5) is 0 Å². The number of carbonyl (C=O) groups is 1. The molecule has 1 rings (SSSR count). The SMILES string of the molecule is CC(C)OC(=O)C1CC1.Cl.Cl. The van der Waals surface area contributed by atoms with E-state index in [1.54, 1.807) is 0 Å². The molecule has 0 saturated heterocycles. The molecular weight excluding hydrogens is 187 g/mol. The van der Waals surface area contributed by atoms with Crippen molar-refractivity contribution in [1.82, 2.24) is 0 Å². The van der Waals surface area contributed by atoms with Crippen LogP contribution >= 0.6 is 24.8 Å². The molecule has 1 aliphatic carbocycles. The van der Waals surface area contributed by atoms with E-state index in [0.29, 0.717) is 0 Å². The van der Waals surface area contributed by atoms with Crippen molar-refractivity contribution >= 4 is 30.8 Å². The lowest BCUT2D eigenvalue weighted by Gasteiger charge is -2.05. The maximum Gasteiger partial charge on any atom is 0.309 e. The second-order valence-electron chi connectivity index (χ2n) is 2.76. The second-order valence-corrected chi connectivity index (χ2v) is 2.76. The average molecular weight is 201 g/mol. The highest BCUT2D eigenvalue weighted by molar-refractivity contribution is 5.85. The van der Waals surface area contributed by atoms with Gasteiger partial charge in [0.15, 0.2) is 0 Å². The van der Waals surface area contributed by atoms with Crippen LogP contribution in [-0.2, 0) is 9.53 Å². The standard InChI is InChI=1S/C7H12O2.2ClH/c1-5(2)9-7(8)6-3-4-6;;/h5-6H,3-4H2,1-2H3;2*1H. The third-order valence-electron chi connectivity index (χ3n) is 1.26. The Kier molecular flexibility index (Phi) is 7.02. The van der Waals surface area contributed by atoms with Crippen LogP contribution in [0.15, 0.2) is 0 Å². The van der Waals surface area contributed by atoms with E-state index in [9.17, 15) is 4.79 Å². The van der Waals surface area contributed by atoms with Crippen molar-refractivity contribution in [2.24, 2.45) is 5.92 Å². The summed E-state index contributed by atoms with van der Waals surface area (Å²) >= 11 is 0. The lowest BCUT2D eigenvalue weighted by atomic mass is 10.4. The summed E-state index contributed by atoms with van der Waals surface area (Å²) in [5, 5.41) is 0. The smallest absolute Gasteiger partial charge is 0.309 e. The number of halogens is 2. The molecule has 0 N–H and O–H groups in total. The molecule has 0 heterocycles. The molecule has 1 fully saturated rings. The van der Waals surface area contributed by atoms with Gasteiger partial charge in [-0.25, -0.2) is 0 Å². The van der Waals surface area contributed by atoms with Crippen molar-refractivity contribution < 1.29 is 9.53 Å². The fraction of sp³-hybridized carbons (Fsp3) is 0.857. The summed E-state index contributed by atoms with van der Waals surface area (Å²) in [7, 11) is 0. The van der Waals surface area contributed by atoms with Crippen molar-refractivity contribution in [1.29, 1.82) is 0 Å². The molecule has 0 bridgehead atoms. The van der Waals surface area contributed by atoms with E-state index in [-0.39, 0.29) is 42.8 Å². The van der Waals surface area contributed by atoms with Gasteiger partial charge < -0.3 is 4.74 Å². The Balaban J connectivity index is 0. The Morgan fingerprint density at radius 2 is 1.82 bits per heavy atom. The summed E-state index contributed by atoms with van der Waals surface area (Å²) < 4.78 is 4.94. The van der Waals surface area contributed by atoms with Gasteiger partial charge in [0, 0.05) is 0 Å². The van der Waals surface area contributed by atoms with Gasteiger partial charge in [-0.05, 0) is 26.7 Å². The van der Waals surface area contributed by atoms with Crippen LogP contribution in [0, 0.1) is 5.92 Å². The minimum atomic E-state index is -0.00926. The summed E-state index contributed by atoms with van der Waals surface area (Å²) in [6.45, 7) is 3.75. The van der Waals surface area contributed by atoms with E-state index in [4.69, 9.17) is 4.74 Å². The molecule has 11 heavy (non-hydrogen) atoms. The molecule has 2 nitrogen and oxygen atoms in total. The number of hydrogen-bond donors (Lipinski definition) is 0. The van der Waals surface area contributed by atoms with Crippen LogP contribution < -0.4 is 0 Å². The van der Waals surface area contributed by atoms with E-state index >= 15 is 0 Å². The molecule has 68 valence electrons. The fourth-order valence-electron chi connectivity index (χ4n) is 0.648. The van der Waals surface area contributed by atoms with Crippen LogP contribution in [0.1, 0.15) is 26.7 Å². The molecular formula is C7H14Cl2O2. The molecule has 0 radical (unpaired) electrons. The van der Waals surface area contributed by atoms with Crippen LogP contribution in [0.25, 0.3) is 0 Å². The van der Waals surface area contributed by atoms with Gasteiger partial charge in [-0.2, -0.15) is 0 Å². The number of esters is 1. The predicted octanol–water partition coefficient (Wildman–Crippen LogP) is 2.19. The lowest BCUT2D eigenvalue weighted by molar-refractivity contribution is -0.148. The molecule has 1 aliphatic rings. The zero-order chi connectivity index (χ0) is 6.85. The molecule has 0 unspecified atom stereocenters. The Morgan fingerprint density at radius 3 is 2.09 bits per heavy atom. The molecule has 0 atom stereocenters. The Morgan fingerprint density at radius 1 is 1.36 bits per heavy atom. The predicted molar refractivity (Wildman–Crippen MR) is 48.4 cm³/mol. The van der Waals surface area contributed by atoms with E-state index in [2.05, 4.69) is 0 Å². The molecule has 1 saturated carbocycles. The summed E-state index contributed by atoms with van der Waals surface area (Å²) in [6, 6.07) is 0. The van der Waals surface area contributed by atoms with Gasteiger partial charge in [-0.3, -0.25) is 4.79 Å². The van der Waals surface area contributed by atoms with Crippen LogP contribution in [-0.4, -0.2) is 12.1 Å². The van der Waals surface area contributed by atoms with Crippen LogP contribution in [0.5, 0.6) is 0 Å². The maximum atomic E-state index is 10.8. The first kappa shape index (κ1) is 13.6. The minimum absolute atomic E-state index is 0. The quantitative estimate of drug-likeness (QED) is 0.640. The van der Waals surface area contributed by atoms with Crippen molar-refractivity contribution in [3.63, 3.8) is 0 Å². The third kappa shape index (κ3) is 5.33. The van der Waals surface area contributed by atoms with E-state index in [1.807, 2.05) is 13.8 Å². The van der Waals surface area contributed by atoms with Crippen molar-refractivity contribution in [2.75, 3.05) is 0 Å². The number of carbonyl (C=O) groups excluding carboxylic acids is 1. The van der Waals surface area contributed by atoms with Crippen LogP contribution in [0.3, 0.4) is 0 Å². The number of ether oxygens (including phenoxy) is 1. The highest BCUT2D eigenvalue weighted by Crippen LogP contribution is 2.30. The summed E-state index contributed by atoms with van der Waals surface area (Å²) in [5.41, 5.74) is 0. The Labute approximate surface area is 79.5 Å². The Hall–Kier alpha value is 0.0500. The molecule has 0 aliphatic heterocycles. The van der Waals surface area contributed by atoms with Crippen molar-refractivity contribution in [3.8, 4) is 0 Å². The van der Waals surface area contributed by atoms with E-state index in [0.717, 1.165) is 12.8 Å². The van der Waals surface area contributed by atoms with E-state index in [1.165, 1.54) is 0 Å². The molecule has 0 aromatic heterocycles. The highest BCUT2D eigenvalue weighted by atomic mass is 35.5. The topological polar surface area (TPSA) is 26.3 Å². The highest BCUT2D eigenvalue weighted by Gasteiger charge is 2.31. The van der Waals surface area contributed by atoms with Gasteiger partial charge in [0.1, 0.15) is 0 Å². The zero-order valence-electron chi connectivity index (χ0n) is 6.70. The number of rotatable bonds is 2. The lowest BCUT2D eigenvalue weighted by Crippen LogP contribution is -2.12. The fourth-order valence-corrected chi connectivity index (χ4v) is 0.648. The molecule has 0 aromatic carbocycles. The van der Waals surface area contributed by atoms with Gasteiger partial charge in [0.25, 0.3) is 0 Å². The largest absolute Gasteiger partial charge is 0.463 e. The second kappa shape index (κ2) is 5.67. The maximum absolute atomic E-state index is 10.8. The van der Waals surface area contributed by atoms with Gasteiger partial charge in [-0.15, -0.1) is 24.8 Å². The van der Waals surface area contributed by atoms with E-state index < -0.39 is 0 Å². The van der Waals surface area contributed by atoms with Gasteiger partial charge in [0.2, 0.25) is 0 Å². The average Bonchev–Trinajstić information content (AvgIpc) is 2.40. The molecule has 0 aromatic rings. The third-order valence-corrected chi connectivity index (χ3v) is 1.26. The normalized spacial score (nSPS) is 14.8. The van der Waals surface area contributed by atoms with Gasteiger partial charge in [-0.1, -0.05) is 0 Å². The summed E-state index contributed by atoms with van der Waals surface area (Å²) in [4.78, 5) is 10.8. The first-order valence-corrected chi connectivity index (χ1v) is 3.40. The summed E-state index contributed by atoms with van der Waals surface area (Å²) in [6.07, 6.45) is 2.12. The summed E-state index contributed by atoms with van der Waals surface area (Å²) in [5.74, 6) is 0.234. The van der Waals surface area contributed by atoms with Crippen molar-refractivity contribution in [2.45, 2.75) is 32.8 Å². The first-order chi connectivity index (χ1) is 4.20. The van der Waals surface area contributed by atoms with Gasteiger partial charge in [0.05, 0.1) is 12.0 Å². The Bertz CT molecular complexity index is 122. The van der Waals surface area contributed by atoms with Gasteiger partial charge >= 0.3 is 5.97 Å². The molecule has 0 spiro atoms. The minimum Gasteiger partial charge on any atom is -0.463 e. The molecule has 0 amide bonds. The van der Waals surface area contributed by atoms with Crippen LogP contribution in [0.2, 0.25) is 0 Å². The number of hydrogen-bond acceptors (Lipinski definition) is 2. The van der Waals surface area contributed by atoms with Crippen molar-refractivity contribution in [3.05, 3.63) is 0 Å². The molecule has 4 heteroatoms. The first-order valence-electron chi connectivity index (χ1n) is 3.40.